The Morgan fingerprint density at radius 3 is 2.60 bits per heavy atom. The number of carbonyl (C=O) groups excluding carboxylic acids is 1. The number of halogens is 1. The molecule has 5 rings (SSSR count). The average Bonchev–Trinajstić information content (AvgIpc) is 3.73. The monoisotopic (exact) mass is 475 g/mol. The number of aromatic nitrogens is 1. The summed E-state index contributed by atoms with van der Waals surface area (Å²) in [5, 5.41) is 0. The largest absolute Gasteiger partial charge is 0.493 e. The number of ether oxygens (including phenoxy) is 3. The van der Waals surface area contributed by atoms with Crippen molar-refractivity contribution in [2.75, 3.05) is 20.8 Å². The molecule has 3 aromatic rings. The van der Waals surface area contributed by atoms with E-state index in [1.54, 1.807) is 25.4 Å². The van der Waals surface area contributed by atoms with Gasteiger partial charge in [0.15, 0.2) is 0 Å². The van der Waals surface area contributed by atoms with Gasteiger partial charge in [-0.1, -0.05) is 31.2 Å². The number of hydrogen-bond acceptors (Lipinski definition) is 5. The molecule has 2 aliphatic rings. The molecule has 0 spiro atoms. The lowest BCUT2D eigenvalue weighted by Crippen LogP contribution is -2.24. The molecule has 1 aromatic heterocycles. The van der Waals surface area contributed by atoms with Crippen LogP contribution < -0.4 is 9.47 Å². The fraction of sp³-hybridized carbons (Fsp3) is 0.379. The maximum absolute atomic E-state index is 15.3. The Hall–Kier alpha value is -3.41. The van der Waals surface area contributed by atoms with Gasteiger partial charge in [-0.25, -0.2) is 9.37 Å². The highest BCUT2D eigenvalue weighted by molar-refractivity contribution is 5.73. The Labute approximate surface area is 205 Å². The molecule has 35 heavy (non-hydrogen) atoms. The van der Waals surface area contributed by atoms with Crippen molar-refractivity contribution in [3.8, 4) is 22.8 Å². The second kappa shape index (κ2) is 9.68. The van der Waals surface area contributed by atoms with Gasteiger partial charge in [0.2, 0.25) is 5.88 Å². The molecule has 182 valence electrons. The number of pyridine rings is 1. The van der Waals surface area contributed by atoms with Crippen molar-refractivity contribution in [1.29, 1.82) is 0 Å². The van der Waals surface area contributed by atoms with Crippen LogP contribution in [0.4, 0.5) is 4.39 Å². The van der Waals surface area contributed by atoms with E-state index in [0.29, 0.717) is 30.4 Å². The maximum atomic E-state index is 15.3. The highest BCUT2D eigenvalue weighted by atomic mass is 19.1. The third-order valence-electron chi connectivity index (χ3n) is 7.33. The van der Waals surface area contributed by atoms with Gasteiger partial charge in [0.05, 0.1) is 26.7 Å². The topological polar surface area (TPSA) is 57.7 Å². The molecule has 1 saturated carbocycles. The number of esters is 1. The van der Waals surface area contributed by atoms with Gasteiger partial charge < -0.3 is 14.2 Å². The third-order valence-corrected chi connectivity index (χ3v) is 7.33. The number of methoxy groups -OCH3 is 2. The predicted octanol–water partition coefficient (Wildman–Crippen LogP) is 5.92. The first-order chi connectivity index (χ1) is 17.0. The Bertz CT molecular complexity index is 1240. The van der Waals surface area contributed by atoms with Gasteiger partial charge >= 0.3 is 5.97 Å². The van der Waals surface area contributed by atoms with Gasteiger partial charge in [0.1, 0.15) is 11.6 Å². The van der Waals surface area contributed by atoms with Gasteiger partial charge in [-0.05, 0) is 77.1 Å². The molecule has 2 aromatic carbocycles. The molecule has 2 heterocycles. The van der Waals surface area contributed by atoms with Crippen LogP contribution in [0.1, 0.15) is 48.3 Å². The molecular formula is C29H30FNO4. The van der Waals surface area contributed by atoms with Crippen LogP contribution in [0.2, 0.25) is 0 Å². The summed E-state index contributed by atoms with van der Waals surface area (Å²) in [6, 6.07) is 15.2. The number of benzene rings is 2. The van der Waals surface area contributed by atoms with Crippen molar-refractivity contribution in [1.82, 2.24) is 4.98 Å². The van der Waals surface area contributed by atoms with Crippen LogP contribution in [0.3, 0.4) is 0 Å². The van der Waals surface area contributed by atoms with E-state index in [9.17, 15) is 4.79 Å². The Kier molecular flexibility index (Phi) is 6.46. The summed E-state index contributed by atoms with van der Waals surface area (Å²) < 4.78 is 31.6. The summed E-state index contributed by atoms with van der Waals surface area (Å²) in [7, 11) is 3.00. The molecule has 1 unspecified atom stereocenters. The second-order valence-corrected chi connectivity index (χ2v) is 9.58. The molecule has 1 aliphatic carbocycles. The molecule has 0 bridgehead atoms. The van der Waals surface area contributed by atoms with E-state index in [1.165, 1.54) is 7.11 Å². The Morgan fingerprint density at radius 2 is 1.89 bits per heavy atom. The lowest BCUT2D eigenvalue weighted by atomic mass is 9.81. The number of rotatable bonds is 7. The van der Waals surface area contributed by atoms with Crippen LogP contribution >= 0.6 is 0 Å². The van der Waals surface area contributed by atoms with E-state index in [2.05, 4.69) is 17.1 Å². The fourth-order valence-electron chi connectivity index (χ4n) is 5.32. The minimum Gasteiger partial charge on any atom is -0.493 e. The molecule has 0 N–H and O–H groups in total. The van der Waals surface area contributed by atoms with Crippen molar-refractivity contribution in [2.45, 2.75) is 38.0 Å². The van der Waals surface area contributed by atoms with E-state index < -0.39 is 0 Å². The smallest absolute Gasteiger partial charge is 0.309 e. The molecule has 6 heteroatoms. The number of nitrogens with zero attached hydrogens (tertiary/aromatic N) is 1. The highest BCUT2D eigenvalue weighted by Gasteiger charge is 2.39. The summed E-state index contributed by atoms with van der Waals surface area (Å²) in [4.78, 5) is 16.4. The standard InChI is InChI=1S/C29H30FNO4/c1-17(29(32)34-3)28(18-4-5-18)21-7-9-26-22(12-21)13-23(16-35-26)24-8-6-19(14-25(24)30)20-10-11-31-27(15-20)33-2/h6-12,14-15,17-18,23,28H,4-5,13,16H2,1-3H3/t17-,23?,28-/m0/s1. The van der Waals surface area contributed by atoms with Crippen molar-refractivity contribution >= 4 is 5.97 Å². The minimum absolute atomic E-state index is 0.0869. The maximum Gasteiger partial charge on any atom is 0.309 e. The molecular weight excluding hydrogens is 445 g/mol. The minimum atomic E-state index is -0.248. The van der Waals surface area contributed by atoms with Gasteiger partial charge in [0, 0.05) is 18.2 Å². The lowest BCUT2D eigenvalue weighted by molar-refractivity contribution is -0.145. The van der Waals surface area contributed by atoms with Crippen molar-refractivity contribution in [3.05, 3.63) is 77.2 Å². The first-order valence-corrected chi connectivity index (χ1v) is 12.1. The third kappa shape index (κ3) is 4.75. The average molecular weight is 476 g/mol. The zero-order valence-electron chi connectivity index (χ0n) is 20.3. The van der Waals surface area contributed by atoms with Crippen LogP contribution in [0.15, 0.2) is 54.7 Å². The van der Waals surface area contributed by atoms with E-state index in [1.807, 2.05) is 31.2 Å². The fourth-order valence-corrected chi connectivity index (χ4v) is 5.32. The van der Waals surface area contributed by atoms with Crippen molar-refractivity contribution in [3.63, 3.8) is 0 Å². The van der Waals surface area contributed by atoms with E-state index in [0.717, 1.165) is 40.8 Å². The Morgan fingerprint density at radius 1 is 1.09 bits per heavy atom. The Balaban J connectivity index is 1.39. The summed E-state index contributed by atoms with van der Waals surface area (Å²) >= 11 is 0. The van der Waals surface area contributed by atoms with Crippen molar-refractivity contribution in [2.24, 2.45) is 11.8 Å². The summed E-state index contributed by atoms with van der Waals surface area (Å²) in [6.07, 6.45) is 4.60. The first-order valence-electron chi connectivity index (χ1n) is 12.1. The van der Waals surface area contributed by atoms with Crippen molar-refractivity contribution < 1.29 is 23.4 Å². The molecule has 0 amide bonds. The quantitative estimate of drug-likeness (QED) is 0.397. The van der Waals surface area contributed by atoms with Gasteiger partial charge in [0.25, 0.3) is 0 Å². The number of hydrogen-bond donors (Lipinski definition) is 0. The molecule has 1 fully saturated rings. The number of fused-ring (bicyclic) bond motifs is 1. The van der Waals surface area contributed by atoms with E-state index >= 15 is 4.39 Å². The zero-order valence-corrected chi connectivity index (χ0v) is 20.3. The van der Waals surface area contributed by atoms with Crippen LogP contribution in [-0.2, 0) is 16.0 Å². The SMILES string of the molecule is COC(=O)[C@@H](C)[C@H](c1ccc2c(c1)CC(c1ccc(-c3ccnc(OC)c3)cc1F)CO2)C1CC1. The zero-order chi connectivity index (χ0) is 24.5. The van der Waals surface area contributed by atoms with E-state index in [-0.39, 0.29) is 29.5 Å². The van der Waals surface area contributed by atoms with Crippen LogP contribution in [0, 0.1) is 17.7 Å². The molecule has 0 radical (unpaired) electrons. The normalized spacial score (nSPS) is 18.7. The molecule has 1 aliphatic heterocycles. The number of carbonyl (C=O) groups is 1. The second-order valence-electron chi connectivity index (χ2n) is 9.58. The summed E-state index contributed by atoms with van der Waals surface area (Å²) in [5.41, 5.74) is 4.46. The summed E-state index contributed by atoms with van der Waals surface area (Å²) in [5.74, 6) is 1.24. The highest BCUT2D eigenvalue weighted by Crippen LogP contribution is 2.48. The van der Waals surface area contributed by atoms with Gasteiger partial charge in [-0.3, -0.25) is 4.79 Å². The van der Waals surface area contributed by atoms with Gasteiger partial charge in [-0.15, -0.1) is 0 Å². The van der Waals surface area contributed by atoms with Gasteiger partial charge in [-0.2, -0.15) is 0 Å². The summed E-state index contributed by atoms with van der Waals surface area (Å²) in [6.45, 7) is 2.37. The van der Waals surface area contributed by atoms with E-state index in [4.69, 9.17) is 14.2 Å². The van der Waals surface area contributed by atoms with Crippen LogP contribution in [0.5, 0.6) is 11.6 Å². The first kappa shape index (κ1) is 23.3. The van der Waals surface area contributed by atoms with Crippen LogP contribution in [0.25, 0.3) is 11.1 Å². The lowest BCUT2D eigenvalue weighted by Gasteiger charge is -2.28. The van der Waals surface area contributed by atoms with Crippen LogP contribution in [-0.4, -0.2) is 31.8 Å². The molecule has 3 atom stereocenters. The molecule has 5 nitrogen and oxygen atoms in total. The molecule has 0 saturated heterocycles. The predicted molar refractivity (Wildman–Crippen MR) is 131 cm³/mol.